The van der Waals surface area contributed by atoms with Crippen LogP contribution in [-0.2, 0) is 6.42 Å². The van der Waals surface area contributed by atoms with E-state index in [1.54, 1.807) is 0 Å². The van der Waals surface area contributed by atoms with E-state index in [2.05, 4.69) is 50.3 Å². The summed E-state index contributed by atoms with van der Waals surface area (Å²) < 4.78 is 0. The number of benzene rings is 1. The summed E-state index contributed by atoms with van der Waals surface area (Å²) in [6.07, 6.45) is 9.30. The normalized spacial score (nSPS) is 11.0. The molecule has 0 saturated carbocycles. The van der Waals surface area contributed by atoms with Gasteiger partial charge in [-0.15, -0.1) is 0 Å². The Morgan fingerprint density at radius 1 is 1.21 bits per heavy atom. The van der Waals surface area contributed by atoms with E-state index in [4.69, 9.17) is 0 Å². The van der Waals surface area contributed by atoms with Crippen molar-refractivity contribution in [1.29, 1.82) is 0 Å². The summed E-state index contributed by atoms with van der Waals surface area (Å²) >= 11 is 0. The standard InChI is InChI=1S/C14H20/c1-3-5-8-13-10-7-11-14(12-13)9-6-4-2/h5,7-8,10-12H,3-4,6,9H2,1-2H3. The Kier molecular flexibility index (Phi) is 5.06. The third-order valence-electron chi connectivity index (χ3n) is 2.32. The lowest BCUT2D eigenvalue weighted by Crippen LogP contribution is -1.84. The molecule has 0 unspecified atom stereocenters. The maximum absolute atomic E-state index is 2.29. The van der Waals surface area contributed by atoms with Gasteiger partial charge < -0.3 is 0 Å². The molecule has 0 nitrogen and oxygen atoms in total. The van der Waals surface area contributed by atoms with Crippen molar-refractivity contribution in [2.45, 2.75) is 39.5 Å². The third-order valence-corrected chi connectivity index (χ3v) is 2.32. The minimum Gasteiger partial charge on any atom is -0.0842 e. The van der Waals surface area contributed by atoms with Crippen LogP contribution in [0.1, 0.15) is 44.2 Å². The number of aryl methyl sites for hydroxylation is 1. The van der Waals surface area contributed by atoms with Crippen LogP contribution in [0.25, 0.3) is 6.08 Å². The van der Waals surface area contributed by atoms with Gasteiger partial charge in [0.25, 0.3) is 0 Å². The fraction of sp³-hybridized carbons (Fsp3) is 0.429. The molecule has 0 N–H and O–H groups in total. The van der Waals surface area contributed by atoms with E-state index >= 15 is 0 Å². The Hall–Kier alpha value is -1.04. The Balaban J connectivity index is 2.63. The van der Waals surface area contributed by atoms with Gasteiger partial charge in [0.1, 0.15) is 0 Å². The molecule has 0 bridgehead atoms. The summed E-state index contributed by atoms with van der Waals surface area (Å²) in [7, 11) is 0. The average molecular weight is 188 g/mol. The van der Waals surface area contributed by atoms with Crippen LogP contribution < -0.4 is 0 Å². The third kappa shape index (κ3) is 3.78. The highest BCUT2D eigenvalue weighted by Crippen LogP contribution is 2.10. The number of allylic oxidation sites excluding steroid dienone is 1. The van der Waals surface area contributed by atoms with Crippen LogP contribution in [0.5, 0.6) is 0 Å². The summed E-state index contributed by atoms with van der Waals surface area (Å²) in [5.41, 5.74) is 2.80. The van der Waals surface area contributed by atoms with E-state index in [0.717, 1.165) is 6.42 Å². The lowest BCUT2D eigenvalue weighted by atomic mass is 10.1. The van der Waals surface area contributed by atoms with Gasteiger partial charge in [-0.1, -0.05) is 56.7 Å². The Morgan fingerprint density at radius 3 is 2.79 bits per heavy atom. The van der Waals surface area contributed by atoms with Gasteiger partial charge in [0, 0.05) is 0 Å². The van der Waals surface area contributed by atoms with Gasteiger partial charge in [0.2, 0.25) is 0 Å². The van der Waals surface area contributed by atoms with Gasteiger partial charge in [-0.05, 0) is 30.4 Å². The van der Waals surface area contributed by atoms with Crippen molar-refractivity contribution in [2.75, 3.05) is 0 Å². The van der Waals surface area contributed by atoms with Crippen molar-refractivity contribution in [2.24, 2.45) is 0 Å². The molecule has 0 aliphatic carbocycles. The molecule has 0 atom stereocenters. The van der Waals surface area contributed by atoms with Crippen LogP contribution in [0, 0.1) is 0 Å². The minimum atomic E-state index is 1.11. The highest BCUT2D eigenvalue weighted by molar-refractivity contribution is 5.50. The molecule has 1 rings (SSSR count). The first-order valence-corrected chi connectivity index (χ1v) is 5.62. The topological polar surface area (TPSA) is 0 Å². The van der Waals surface area contributed by atoms with Crippen molar-refractivity contribution in [1.82, 2.24) is 0 Å². The number of rotatable bonds is 5. The van der Waals surface area contributed by atoms with E-state index < -0.39 is 0 Å². The highest BCUT2D eigenvalue weighted by Gasteiger charge is 1.92. The monoisotopic (exact) mass is 188 g/mol. The Labute approximate surface area is 87.7 Å². The zero-order valence-electron chi connectivity index (χ0n) is 9.29. The molecule has 0 heterocycles. The minimum absolute atomic E-state index is 1.11. The Bertz CT molecular complexity index is 284. The molecule has 0 radical (unpaired) electrons. The van der Waals surface area contributed by atoms with Crippen molar-refractivity contribution >= 4 is 6.08 Å². The number of hydrogen-bond acceptors (Lipinski definition) is 0. The maximum Gasteiger partial charge on any atom is -0.0257 e. The lowest BCUT2D eigenvalue weighted by Gasteiger charge is -2.00. The maximum atomic E-state index is 2.29. The van der Waals surface area contributed by atoms with Crippen molar-refractivity contribution < 1.29 is 0 Å². The van der Waals surface area contributed by atoms with E-state index in [0.29, 0.717) is 0 Å². The molecular weight excluding hydrogens is 168 g/mol. The summed E-state index contributed by atoms with van der Waals surface area (Å²) in [6, 6.07) is 8.84. The van der Waals surface area contributed by atoms with E-state index in [-0.39, 0.29) is 0 Å². The van der Waals surface area contributed by atoms with Gasteiger partial charge in [-0.25, -0.2) is 0 Å². The fourth-order valence-electron chi connectivity index (χ4n) is 1.49. The van der Waals surface area contributed by atoms with Crippen molar-refractivity contribution in [3.63, 3.8) is 0 Å². The predicted molar refractivity (Wildman–Crippen MR) is 64.4 cm³/mol. The average Bonchev–Trinajstić information content (AvgIpc) is 2.24. The molecule has 76 valence electrons. The quantitative estimate of drug-likeness (QED) is 0.640. The summed E-state index contributed by atoms with van der Waals surface area (Å²) in [4.78, 5) is 0. The zero-order valence-corrected chi connectivity index (χ0v) is 9.29. The summed E-state index contributed by atoms with van der Waals surface area (Å²) in [5, 5.41) is 0. The summed E-state index contributed by atoms with van der Waals surface area (Å²) in [5.74, 6) is 0. The van der Waals surface area contributed by atoms with Gasteiger partial charge >= 0.3 is 0 Å². The second-order valence-electron chi connectivity index (χ2n) is 3.66. The van der Waals surface area contributed by atoms with Crippen LogP contribution in [-0.4, -0.2) is 0 Å². The van der Waals surface area contributed by atoms with Crippen LogP contribution in [0.4, 0.5) is 0 Å². The van der Waals surface area contributed by atoms with Crippen LogP contribution in [0.2, 0.25) is 0 Å². The molecule has 14 heavy (non-hydrogen) atoms. The first-order valence-electron chi connectivity index (χ1n) is 5.62. The molecule has 1 aromatic rings. The van der Waals surface area contributed by atoms with Gasteiger partial charge in [-0.3, -0.25) is 0 Å². The molecule has 0 heteroatoms. The second kappa shape index (κ2) is 6.42. The fourth-order valence-corrected chi connectivity index (χ4v) is 1.49. The largest absolute Gasteiger partial charge is 0.0842 e. The zero-order chi connectivity index (χ0) is 10.2. The first kappa shape index (κ1) is 11.0. The van der Waals surface area contributed by atoms with Gasteiger partial charge in [0.15, 0.2) is 0 Å². The molecule has 0 aliphatic rings. The second-order valence-corrected chi connectivity index (χ2v) is 3.66. The van der Waals surface area contributed by atoms with E-state index in [1.165, 1.54) is 30.4 Å². The number of unbranched alkanes of at least 4 members (excludes halogenated alkanes) is 1. The van der Waals surface area contributed by atoms with Crippen molar-refractivity contribution in [3.05, 3.63) is 41.5 Å². The molecule has 0 spiro atoms. The lowest BCUT2D eigenvalue weighted by molar-refractivity contribution is 0.795. The van der Waals surface area contributed by atoms with Gasteiger partial charge in [-0.2, -0.15) is 0 Å². The van der Waals surface area contributed by atoms with Crippen LogP contribution in [0.15, 0.2) is 30.3 Å². The molecule has 0 aliphatic heterocycles. The van der Waals surface area contributed by atoms with E-state index in [9.17, 15) is 0 Å². The molecule has 0 fully saturated rings. The van der Waals surface area contributed by atoms with Crippen LogP contribution in [0.3, 0.4) is 0 Å². The summed E-state index contributed by atoms with van der Waals surface area (Å²) in [6.45, 7) is 4.40. The molecule has 1 aromatic carbocycles. The van der Waals surface area contributed by atoms with E-state index in [1.807, 2.05) is 0 Å². The van der Waals surface area contributed by atoms with Crippen molar-refractivity contribution in [3.8, 4) is 0 Å². The molecular formula is C14H20. The first-order chi connectivity index (χ1) is 6.86. The molecule has 0 saturated heterocycles. The highest BCUT2D eigenvalue weighted by atomic mass is 14.0. The SMILES string of the molecule is CCC=Cc1cccc(CCCC)c1. The molecule has 0 amide bonds. The Morgan fingerprint density at radius 2 is 2.07 bits per heavy atom. The van der Waals surface area contributed by atoms with Crippen LogP contribution >= 0.6 is 0 Å². The smallest absolute Gasteiger partial charge is 0.0257 e. The molecule has 0 aromatic heterocycles. The number of hydrogen-bond donors (Lipinski definition) is 0. The van der Waals surface area contributed by atoms with Gasteiger partial charge in [0.05, 0.1) is 0 Å². The predicted octanol–water partition coefficient (Wildman–Crippen LogP) is 4.45.